The van der Waals surface area contributed by atoms with E-state index in [4.69, 9.17) is 0 Å². The maximum absolute atomic E-state index is 12.1. The van der Waals surface area contributed by atoms with Crippen molar-refractivity contribution in [3.8, 4) is 0 Å². The monoisotopic (exact) mass is 281 g/mol. The fourth-order valence-electron chi connectivity index (χ4n) is 1.73. The topological polar surface area (TPSA) is 37.4 Å². The maximum Gasteiger partial charge on any atom is 0.236 e. The standard InChI is InChI=1S/C15H23NO2S/c1-4-6-12-16(5-2)19(17,18)13-11-15-9-7-14(3)8-10-15/h7-11,13H,4-6,12H2,1-3H3/b13-11+. The van der Waals surface area contributed by atoms with Gasteiger partial charge in [-0.05, 0) is 25.0 Å². The average molecular weight is 281 g/mol. The molecule has 0 N–H and O–H groups in total. The van der Waals surface area contributed by atoms with Crippen molar-refractivity contribution in [1.29, 1.82) is 0 Å². The summed E-state index contributed by atoms with van der Waals surface area (Å²) in [6.45, 7) is 7.04. The van der Waals surface area contributed by atoms with Crippen LogP contribution in [0, 0.1) is 6.92 Å². The fraction of sp³-hybridized carbons (Fsp3) is 0.467. The molecule has 0 saturated heterocycles. The lowest BCUT2D eigenvalue weighted by atomic mass is 10.2. The lowest BCUT2D eigenvalue weighted by Crippen LogP contribution is -2.30. The van der Waals surface area contributed by atoms with Crippen molar-refractivity contribution in [2.24, 2.45) is 0 Å². The number of sulfonamides is 1. The highest BCUT2D eigenvalue weighted by atomic mass is 32.2. The van der Waals surface area contributed by atoms with Crippen molar-refractivity contribution in [2.75, 3.05) is 13.1 Å². The van der Waals surface area contributed by atoms with Crippen LogP contribution in [0.25, 0.3) is 6.08 Å². The highest BCUT2D eigenvalue weighted by Crippen LogP contribution is 2.10. The summed E-state index contributed by atoms with van der Waals surface area (Å²) in [5.74, 6) is 0. The third kappa shape index (κ3) is 5.17. The number of unbranched alkanes of at least 4 members (excludes halogenated alkanes) is 1. The molecular weight excluding hydrogens is 258 g/mol. The SMILES string of the molecule is CCCCN(CC)S(=O)(=O)/C=C/c1ccc(C)cc1. The van der Waals surface area contributed by atoms with Crippen LogP contribution in [0.4, 0.5) is 0 Å². The molecule has 0 aromatic heterocycles. The number of benzene rings is 1. The first-order valence-electron chi connectivity index (χ1n) is 6.74. The predicted octanol–water partition coefficient (Wildman–Crippen LogP) is 3.42. The summed E-state index contributed by atoms with van der Waals surface area (Å²) in [4.78, 5) is 0. The van der Waals surface area contributed by atoms with E-state index in [9.17, 15) is 8.42 Å². The van der Waals surface area contributed by atoms with Crippen LogP contribution in [0.1, 0.15) is 37.8 Å². The van der Waals surface area contributed by atoms with Crippen molar-refractivity contribution in [3.05, 3.63) is 40.8 Å². The highest BCUT2D eigenvalue weighted by Gasteiger charge is 2.15. The largest absolute Gasteiger partial charge is 0.236 e. The Morgan fingerprint density at radius 3 is 2.32 bits per heavy atom. The van der Waals surface area contributed by atoms with E-state index in [2.05, 4.69) is 6.92 Å². The van der Waals surface area contributed by atoms with Gasteiger partial charge in [0, 0.05) is 18.5 Å². The Morgan fingerprint density at radius 1 is 1.16 bits per heavy atom. The zero-order valence-electron chi connectivity index (χ0n) is 12.0. The summed E-state index contributed by atoms with van der Waals surface area (Å²) in [7, 11) is -3.30. The molecule has 1 rings (SSSR count). The van der Waals surface area contributed by atoms with Gasteiger partial charge in [-0.15, -0.1) is 0 Å². The zero-order chi connectivity index (χ0) is 14.3. The normalized spacial score (nSPS) is 12.4. The summed E-state index contributed by atoms with van der Waals surface area (Å²) in [5.41, 5.74) is 2.07. The van der Waals surface area contributed by atoms with Crippen molar-refractivity contribution in [2.45, 2.75) is 33.6 Å². The molecule has 0 radical (unpaired) electrons. The van der Waals surface area contributed by atoms with Crippen LogP contribution in [-0.4, -0.2) is 25.8 Å². The van der Waals surface area contributed by atoms with Crippen LogP contribution >= 0.6 is 0 Å². The smallest absolute Gasteiger partial charge is 0.208 e. The van der Waals surface area contributed by atoms with Gasteiger partial charge in [-0.25, -0.2) is 8.42 Å². The van der Waals surface area contributed by atoms with E-state index < -0.39 is 10.0 Å². The molecule has 0 aliphatic heterocycles. The molecule has 0 aliphatic rings. The molecule has 0 atom stereocenters. The van der Waals surface area contributed by atoms with Crippen molar-refractivity contribution < 1.29 is 8.42 Å². The van der Waals surface area contributed by atoms with Gasteiger partial charge in [-0.3, -0.25) is 0 Å². The Bertz CT molecular complexity index is 503. The zero-order valence-corrected chi connectivity index (χ0v) is 12.8. The number of hydrogen-bond acceptors (Lipinski definition) is 2. The van der Waals surface area contributed by atoms with Gasteiger partial charge in [0.05, 0.1) is 0 Å². The summed E-state index contributed by atoms with van der Waals surface area (Å²) in [6.07, 6.45) is 3.54. The third-order valence-corrected chi connectivity index (χ3v) is 4.62. The van der Waals surface area contributed by atoms with Crippen LogP contribution in [0.5, 0.6) is 0 Å². The Morgan fingerprint density at radius 2 is 1.79 bits per heavy atom. The fourth-order valence-corrected chi connectivity index (χ4v) is 2.97. The Labute approximate surface area is 117 Å². The van der Waals surface area contributed by atoms with Crippen LogP contribution in [0.15, 0.2) is 29.7 Å². The number of rotatable bonds is 7. The lowest BCUT2D eigenvalue weighted by molar-refractivity contribution is 0.425. The van der Waals surface area contributed by atoms with Gasteiger partial charge in [0.25, 0.3) is 0 Å². The Hall–Kier alpha value is -1.13. The molecular formula is C15H23NO2S. The summed E-state index contributed by atoms with van der Waals surface area (Å²) in [6, 6.07) is 7.79. The van der Waals surface area contributed by atoms with Gasteiger partial charge in [-0.1, -0.05) is 50.1 Å². The van der Waals surface area contributed by atoms with E-state index in [0.717, 1.165) is 24.0 Å². The van der Waals surface area contributed by atoms with Crippen LogP contribution in [0.2, 0.25) is 0 Å². The van der Waals surface area contributed by atoms with E-state index in [-0.39, 0.29) is 0 Å². The first-order chi connectivity index (χ1) is 8.99. The summed E-state index contributed by atoms with van der Waals surface area (Å²) in [5, 5.41) is 1.30. The summed E-state index contributed by atoms with van der Waals surface area (Å²) < 4.78 is 25.8. The minimum atomic E-state index is -3.30. The predicted molar refractivity (Wildman–Crippen MR) is 81.3 cm³/mol. The van der Waals surface area contributed by atoms with E-state index in [1.165, 1.54) is 9.71 Å². The van der Waals surface area contributed by atoms with Crippen LogP contribution in [0.3, 0.4) is 0 Å². The third-order valence-electron chi connectivity index (χ3n) is 2.98. The van der Waals surface area contributed by atoms with Gasteiger partial charge < -0.3 is 0 Å². The van der Waals surface area contributed by atoms with E-state index in [1.54, 1.807) is 6.08 Å². The van der Waals surface area contributed by atoms with Crippen LogP contribution in [-0.2, 0) is 10.0 Å². The lowest BCUT2D eigenvalue weighted by Gasteiger charge is -2.17. The molecule has 0 saturated carbocycles. The van der Waals surface area contributed by atoms with Crippen molar-refractivity contribution in [3.63, 3.8) is 0 Å². The van der Waals surface area contributed by atoms with Crippen LogP contribution < -0.4 is 0 Å². The molecule has 1 aromatic carbocycles. The number of hydrogen-bond donors (Lipinski definition) is 0. The second-order valence-corrected chi connectivity index (χ2v) is 6.42. The first-order valence-corrected chi connectivity index (χ1v) is 8.24. The Kier molecular flexibility index (Phi) is 6.25. The van der Waals surface area contributed by atoms with Gasteiger partial charge >= 0.3 is 0 Å². The van der Waals surface area contributed by atoms with Crippen molar-refractivity contribution >= 4 is 16.1 Å². The van der Waals surface area contributed by atoms with Crippen molar-refractivity contribution in [1.82, 2.24) is 4.31 Å². The number of nitrogens with zero attached hydrogens (tertiary/aromatic N) is 1. The molecule has 0 bridgehead atoms. The second kappa shape index (κ2) is 7.46. The Balaban J connectivity index is 2.79. The van der Waals surface area contributed by atoms with E-state index in [0.29, 0.717) is 13.1 Å². The molecule has 0 fully saturated rings. The molecule has 0 amide bonds. The maximum atomic E-state index is 12.1. The molecule has 4 heteroatoms. The van der Waals surface area contributed by atoms with E-state index >= 15 is 0 Å². The quantitative estimate of drug-likeness (QED) is 0.768. The minimum absolute atomic E-state index is 0.514. The van der Waals surface area contributed by atoms with Gasteiger partial charge in [-0.2, -0.15) is 4.31 Å². The first kappa shape index (κ1) is 15.9. The second-order valence-electron chi connectivity index (χ2n) is 4.60. The summed E-state index contributed by atoms with van der Waals surface area (Å²) >= 11 is 0. The number of aryl methyl sites for hydroxylation is 1. The van der Waals surface area contributed by atoms with E-state index in [1.807, 2.05) is 38.1 Å². The molecule has 0 spiro atoms. The molecule has 1 aromatic rings. The molecule has 0 aliphatic carbocycles. The molecule has 19 heavy (non-hydrogen) atoms. The highest BCUT2D eigenvalue weighted by molar-refractivity contribution is 7.92. The van der Waals surface area contributed by atoms with Gasteiger partial charge in [0.15, 0.2) is 0 Å². The van der Waals surface area contributed by atoms with Gasteiger partial charge in [0.2, 0.25) is 10.0 Å². The molecule has 0 heterocycles. The average Bonchev–Trinajstić information content (AvgIpc) is 2.39. The molecule has 3 nitrogen and oxygen atoms in total. The van der Waals surface area contributed by atoms with Gasteiger partial charge in [0.1, 0.15) is 0 Å². The molecule has 106 valence electrons. The minimum Gasteiger partial charge on any atom is -0.208 e. The molecule has 0 unspecified atom stereocenters.